The van der Waals surface area contributed by atoms with E-state index in [1.807, 2.05) is 6.92 Å². The molecule has 108 valence electrons. The number of halogens is 1. The van der Waals surface area contributed by atoms with Crippen LogP contribution >= 0.6 is 23.7 Å². The molecule has 1 amide bonds. The van der Waals surface area contributed by atoms with Crippen LogP contribution < -0.4 is 11.1 Å². The van der Waals surface area contributed by atoms with Crippen LogP contribution in [0.3, 0.4) is 0 Å². The number of amides is 1. The number of hydrogen-bond acceptors (Lipinski definition) is 4. The predicted molar refractivity (Wildman–Crippen MR) is 82.0 cm³/mol. The summed E-state index contributed by atoms with van der Waals surface area (Å²) >= 11 is 1.57. The highest BCUT2D eigenvalue weighted by atomic mass is 35.5. The summed E-state index contributed by atoms with van der Waals surface area (Å²) in [4.78, 5) is 17.7. The second-order valence-corrected chi connectivity index (χ2v) is 6.50. The summed E-state index contributed by atoms with van der Waals surface area (Å²) in [7, 11) is 0. The number of aromatic nitrogens is 1. The number of nitrogens with zero attached hydrogens (tertiary/aromatic N) is 1. The van der Waals surface area contributed by atoms with Crippen molar-refractivity contribution in [2.75, 3.05) is 5.32 Å². The van der Waals surface area contributed by atoms with Gasteiger partial charge in [-0.15, -0.1) is 23.7 Å². The molecule has 1 aliphatic carbocycles. The lowest BCUT2D eigenvalue weighted by atomic mass is 9.97. The summed E-state index contributed by atoms with van der Waals surface area (Å²) in [5.74, 6) is 0.404. The molecule has 0 aliphatic heterocycles. The van der Waals surface area contributed by atoms with E-state index < -0.39 is 0 Å². The minimum atomic E-state index is 0. The molecule has 0 fully saturated rings. The van der Waals surface area contributed by atoms with Crippen LogP contribution in [0.2, 0.25) is 0 Å². The third-order valence-corrected chi connectivity index (χ3v) is 4.66. The molecule has 1 aromatic rings. The lowest BCUT2D eigenvalue weighted by molar-refractivity contribution is -0.120. The van der Waals surface area contributed by atoms with Crippen LogP contribution in [-0.2, 0) is 17.6 Å². The zero-order valence-corrected chi connectivity index (χ0v) is 13.2. The maximum Gasteiger partial charge on any atom is 0.229 e. The smallest absolute Gasteiger partial charge is 0.229 e. The fourth-order valence-corrected chi connectivity index (χ4v) is 3.08. The van der Waals surface area contributed by atoms with Crippen LogP contribution in [0.15, 0.2) is 0 Å². The molecule has 1 heterocycles. The highest BCUT2D eigenvalue weighted by Crippen LogP contribution is 2.29. The summed E-state index contributed by atoms with van der Waals surface area (Å²) in [5.41, 5.74) is 7.06. The normalized spacial score (nSPS) is 19.5. The third kappa shape index (κ3) is 3.91. The Kier molecular flexibility index (Phi) is 5.77. The Morgan fingerprint density at radius 2 is 2.16 bits per heavy atom. The average Bonchev–Trinajstić information content (AvgIpc) is 2.68. The fraction of sp³-hybridized carbons (Fsp3) is 0.692. The van der Waals surface area contributed by atoms with Gasteiger partial charge >= 0.3 is 0 Å². The Hall–Kier alpha value is -0.650. The second-order valence-electron chi connectivity index (χ2n) is 5.41. The maximum atomic E-state index is 12.0. The monoisotopic (exact) mass is 303 g/mol. The molecule has 0 saturated carbocycles. The molecule has 1 aromatic heterocycles. The Labute approximate surface area is 124 Å². The zero-order chi connectivity index (χ0) is 13.3. The lowest BCUT2D eigenvalue weighted by Gasteiger charge is -2.15. The number of thiazole rings is 1. The third-order valence-electron chi connectivity index (χ3n) is 3.62. The van der Waals surface area contributed by atoms with Gasteiger partial charge < -0.3 is 11.1 Å². The topological polar surface area (TPSA) is 68.0 Å². The van der Waals surface area contributed by atoms with Gasteiger partial charge in [0.2, 0.25) is 5.91 Å². The molecule has 0 aromatic carbocycles. The first-order valence-corrected chi connectivity index (χ1v) is 7.34. The van der Waals surface area contributed by atoms with E-state index in [0.717, 1.165) is 30.1 Å². The number of hydrogen-bond donors (Lipinski definition) is 2. The lowest BCUT2D eigenvalue weighted by Crippen LogP contribution is -2.27. The van der Waals surface area contributed by atoms with Crippen LogP contribution in [0.4, 0.5) is 5.13 Å². The van der Waals surface area contributed by atoms with Crippen LogP contribution in [0.5, 0.6) is 0 Å². The van der Waals surface area contributed by atoms with Gasteiger partial charge in [-0.3, -0.25) is 4.79 Å². The van der Waals surface area contributed by atoms with E-state index in [1.54, 1.807) is 11.3 Å². The molecular weight excluding hydrogens is 282 g/mol. The number of aryl methyl sites for hydroxylation is 1. The average molecular weight is 304 g/mol. The summed E-state index contributed by atoms with van der Waals surface area (Å²) in [6.07, 6.45) is 2.82. The first kappa shape index (κ1) is 16.4. The van der Waals surface area contributed by atoms with E-state index in [-0.39, 0.29) is 30.3 Å². The van der Waals surface area contributed by atoms with Crippen molar-refractivity contribution in [3.8, 4) is 0 Å². The summed E-state index contributed by atoms with van der Waals surface area (Å²) in [6.45, 7) is 6.05. The fourth-order valence-electron chi connectivity index (χ4n) is 1.98. The Bertz CT molecular complexity index is 447. The second kappa shape index (κ2) is 6.68. The molecule has 0 saturated heterocycles. The van der Waals surface area contributed by atoms with Crippen molar-refractivity contribution < 1.29 is 4.79 Å². The standard InChI is InChI=1S/C13H21N3OS.ClH/c1-7(2)8(3)12(17)16-13-15-10-5-4-9(14)6-11(10)18-13;/h7-9H,4-6,14H2,1-3H3,(H,15,16,17);1H/t8?,9-;/m0./s1. The Morgan fingerprint density at radius 1 is 1.47 bits per heavy atom. The van der Waals surface area contributed by atoms with Gasteiger partial charge in [0.25, 0.3) is 0 Å². The van der Waals surface area contributed by atoms with Gasteiger partial charge in [0.05, 0.1) is 5.69 Å². The summed E-state index contributed by atoms with van der Waals surface area (Å²) in [5, 5.41) is 3.65. The molecule has 4 nitrogen and oxygen atoms in total. The van der Waals surface area contributed by atoms with Gasteiger partial charge in [-0.2, -0.15) is 0 Å². The maximum absolute atomic E-state index is 12.0. The van der Waals surface area contributed by atoms with E-state index >= 15 is 0 Å². The van der Waals surface area contributed by atoms with Crippen molar-refractivity contribution in [3.05, 3.63) is 10.6 Å². The first-order chi connectivity index (χ1) is 8.47. The van der Waals surface area contributed by atoms with Gasteiger partial charge in [-0.25, -0.2) is 4.98 Å². The molecule has 0 radical (unpaired) electrons. The number of nitrogens with two attached hydrogens (primary N) is 1. The molecule has 2 atom stereocenters. The Morgan fingerprint density at radius 3 is 2.79 bits per heavy atom. The van der Waals surface area contributed by atoms with Crippen molar-refractivity contribution >= 4 is 34.8 Å². The molecule has 0 bridgehead atoms. The van der Waals surface area contributed by atoms with E-state index in [0.29, 0.717) is 5.92 Å². The number of rotatable bonds is 3. The highest BCUT2D eigenvalue weighted by molar-refractivity contribution is 7.15. The quantitative estimate of drug-likeness (QED) is 0.902. The van der Waals surface area contributed by atoms with Gasteiger partial charge in [0.15, 0.2) is 5.13 Å². The molecule has 1 aliphatic rings. The highest BCUT2D eigenvalue weighted by Gasteiger charge is 2.22. The van der Waals surface area contributed by atoms with Crippen molar-refractivity contribution in [1.82, 2.24) is 4.98 Å². The SMILES string of the molecule is CC(C)C(C)C(=O)Nc1nc2c(s1)C[C@@H](N)CC2.Cl. The zero-order valence-electron chi connectivity index (χ0n) is 11.6. The number of nitrogens with one attached hydrogen (secondary N) is 1. The minimum Gasteiger partial charge on any atom is -0.327 e. The van der Waals surface area contributed by atoms with Gasteiger partial charge in [0.1, 0.15) is 0 Å². The van der Waals surface area contributed by atoms with Crippen LogP contribution in [-0.4, -0.2) is 16.9 Å². The number of fused-ring (bicyclic) bond motifs is 1. The molecule has 19 heavy (non-hydrogen) atoms. The Balaban J connectivity index is 0.00000180. The summed E-state index contributed by atoms with van der Waals surface area (Å²) < 4.78 is 0. The number of carbonyl (C=O) groups excluding carboxylic acids is 1. The molecule has 2 rings (SSSR count). The molecular formula is C13H22ClN3OS. The van der Waals surface area contributed by atoms with E-state index in [2.05, 4.69) is 24.1 Å². The largest absolute Gasteiger partial charge is 0.327 e. The number of anilines is 1. The van der Waals surface area contributed by atoms with E-state index in [9.17, 15) is 4.79 Å². The minimum absolute atomic E-state index is 0. The summed E-state index contributed by atoms with van der Waals surface area (Å²) in [6, 6.07) is 0.246. The van der Waals surface area contributed by atoms with Gasteiger partial charge in [-0.1, -0.05) is 20.8 Å². The van der Waals surface area contributed by atoms with Crippen LogP contribution in [0.25, 0.3) is 0 Å². The van der Waals surface area contributed by atoms with Crippen molar-refractivity contribution in [3.63, 3.8) is 0 Å². The first-order valence-electron chi connectivity index (χ1n) is 6.52. The van der Waals surface area contributed by atoms with Gasteiger partial charge in [-0.05, 0) is 25.2 Å². The van der Waals surface area contributed by atoms with E-state index in [4.69, 9.17) is 5.73 Å². The molecule has 6 heteroatoms. The van der Waals surface area contributed by atoms with Crippen molar-refractivity contribution in [2.24, 2.45) is 17.6 Å². The van der Waals surface area contributed by atoms with Crippen molar-refractivity contribution in [1.29, 1.82) is 0 Å². The van der Waals surface area contributed by atoms with Crippen LogP contribution in [0.1, 0.15) is 37.8 Å². The predicted octanol–water partition coefficient (Wildman–Crippen LogP) is 2.61. The van der Waals surface area contributed by atoms with Gasteiger partial charge in [0, 0.05) is 16.8 Å². The molecule has 1 unspecified atom stereocenters. The van der Waals surface area contributed by atoms with Crippen LogP contribution in [0, 0.1) is 11.8 Å². The number of carbonyl (C=O) groups is 1. The molecule has 0 spiro atoms. The van der Waals surface area contributed by atoms with E-state index in [1.165, 1.54) is 4.88 Å². The van der Waals surface area contributed by atoms with Crippen molar-refractivity contribution in [2.45, 2.75) is 46.1 Å². The molecule has 3 N–H and O–H groups in total.